The van der Waals surface area contributed by atoms with Gasteiger partial charge in [0.1, 0.15) is 5.82 Å². The van der Waals surface area contributed by atoms with E-state index in [9.17, 15) is 4.39 Å². The fraction of sp³-hybridized carbons (Fsp3) is 0.143. The third-order valence-electron chi connectivity index (χ3n) is 2.65. The third-order valence-corrected chi connectivity index (χ3v) is 2.65. The van der Waals surface area contributed by atoms with Gasteiger partial charge in [-0.05, 0) is 24.1 Å². The van der Waals surface area contributed by atoms with Crippen LogP contribution in [-0.2, 0) is 0 Å². The minimum atomic E-state index is -0.401. The van der Waals surface area contributed by atoms with Gasteiger partial charge in [-0.2, -0.15) is 0 Å². The first kappa shape index (κ1) is 10.8. The van der Waals surface area contributed by atoms with Crippen molar-refractivity contribution < 1.29 is 4.39 Å². The monoisotopic (exact) mass is 215 g/mol. The Balaban J connectivity index is 2.38. The molecule has 0 radical (unpaired) electrons. The Kier molecular flexibility index (Phi) is 3.02. The zero-order chi connectivity index (χ0) is 11.5. The van der Waals surface area contributed by atoms with Crippen molar-refractivity contribution in [2.45, 2.75) is 13.0 Å². The molecule has 2 heteroatoms. The second-order valence-corrected chi connectivity index (χ2v) is 3.91. The topological polar surface area (TPSA) is 26.0 Å². The van der Waals surface area contributed by atoms with E-state index in [1.165, 1.54) is 6.07 Å². The Morgan fingerprint density at radius 2 is 1.75 bits per heavy atom. The van der Waals surface area contributed by atoms with E-state index in [0.29, 0.717) is 5.56 Å². The average molecular weight is 215 g/mol. The summed E-state index contributed by atoms with van der Waals surface area (Å²) in [6, 6.07) is 14.3. The molecule has 0 aromatic heterocycles. The van der Waals surface area contributed by atoms with Crippen LogP contribution >= 0.6 is 0 Å². The highest BCUT2D eigenvalue weighted by Gasteiger charge is 2.12. The van der Waals surface area contributed by atoms with E-state index in [0.717, 1.165) is 11.1 Å². The first-order valence-electron chi connectivity index (χ1n) is 5.25. The number of nitrogens with two attached hydrogens (primary N) is 1. The highest BCUT2D eigenvalue weighted by Crippen LogP contribution is 2.22. The molecule has 0 bridgehead atoms. The van der Waals surface area contributed by atoms with Crippen molar-refractivity contribution in [1.82, 2.24) is 0 Å². The van der Waals surface area contributed by atoms with Crippen LogP contribution in [0.25, 0.3) is 0 Å². The summed E-state index contributed by atoms with van der Waals surface area (Å²) in [6.45, 7) is 1.86. The van der Waals surface area contributed by atoms with E-state index in [4.69, 9.17) is 5.73 Å². The minimum Gasteiger partial charge on any atom is -0.320 e. The zero-order valence-corrected chi connectivity index (χ0v) is 9.15. The fourth-order valence-corrected chi connectivity index (χ4v) is 1.72. The van der Waals surface area contributed by atoms with Crippen molar-refractivity contribution in [2.75, 3.05) is 0 Å². The predicted octanol–water partition coefficient (Wildman–Crippen LogP) is 3.18. The van der Waals surface area contributed by atoms with E-state index < -0.39 is 6.04 Å². The lowest BCUT2D eigenvalue weighted by molar-refractivity contribution is 0.598. The molecule has 0 aliphatic rings. The van der Waals surface area contributed by atoms with Gasteiger partial charge in [0, 0.05) is 5.56 Å². The molecule has 0 saturated carbocycles. The molecule has 16 heavy (non-hydrogen) atoms. The predicted molar refractivity (Wildman–Crippen MR) is 63.6 cm³/mol. The molecule has 0 aliphatic heterocycles. The standard InChI is InChI=1S/C14H14FN/c1-10-7-8-12(13(15)9-10)14(16)11-5-3-2-4-6-11/h2-9,14H,16H2,1H3. The van der Waals surface area contributed by atoms with Crippen LogP contribution in [0.4, 0.5) is 4.39 Å². The number of benzene rings is 2. The lowest BCUT2D eigenvalue weighted by Gasteiger charge is -2.13. The summed E-state index contributed by atoms with van der Waals surface area (Å²) in [6.07, 6.45) is 0. The molecule has 2 aromatic rings. The van der Waals surface area contributed by atoms with E-state index >= 15 is 0 Å². The molecule has 2 rings (SSSR count). The maximum Gasteiger partial charge on any atom is 0.128 e. The fourth-order valence-electron chi connectivity index (χ4n) is 1.72. The largest absolute Gasteiger partial charge is 0.320 e. The number of aryl methyl sites for hydroxylation is 1. The molecule has 1 nitrogen and oxygen atoms in total. The van der Waals surface area contributed by atoms with E-state index in [-0.39, 0.29) is 5.82 Å². The molecule has 2 N–H and O–H groups in total. The van der Waals surface area contributed by atoms with Crippen LogP contribution in [-0.4, -0.2) is 0 Å². The summed E-state index contributed by atoms with van der Waals surface area (Å²) in [5.41, 5.74) is 8.39. The highest BCUT2D eigenvalue weighted by atomic mass is 19.1. The molecule has 0 saturated heterocycles. The van der Waals surface area contributed by atoms with Gasteiger partial charge in [0.05, 0.1) is 6.04 Å². The van der Waals surface area contributed by atoms with Crippen molar-refractivity contribution in [3.05, 3.63) is 71.0 Å². The Bertz CT molecular complexity index is 479. The molecule has 0 amide bonds. The van der Waals surface area contributed by atoms with E-state index in [1.54, 1.807) is 6.07 Å². The first-order chi connectivity index (χ1) is 7.68. The van der Waals surface area contributed by atoms with Crippen LogP contribution in [0.15, 0.2) is 48.5 Å². The molecule has 0 heterocycles. The molecule has 1 unspecified atom stereocenters. The lowest BCUT2D eigenvalue weighted by atomic mass is 9.98. The van der Waals surface area contributed by atoms with Crippen molar-refractivity contribution >= 4 is 0 Å². The van der Waals surface area contributed by atoms with E-state index in [2.05, 4.69) is 0 Å². The van der Waals surface area contributed by atoms with Gasteiger partial charge in [-0.25, -0.2) is 4.39 Å². The summed E-state index contributed by atoms with van der Waals surface area (Å²) in [5.74, 6) is -0.239. The van der Waals surface area contributed by atoms with Crippen LogP contribution < -0.4 is 5.73 Å². The van der Waals surface area contributed by atoms with Crippen molar-refractivity contribution in [3.8, 4) is 0 Å². The highest BCUT2D eigenvalue weighted by molar-refractivity contribution is 5.33. The van der Waals surface area contributed by atoms with Gasteiger partial charge in [-0.1, -0.05) is 42.5 Å². The van der Waals surface area contributed by atoms with Crippen LogP contribution in [0.5, 0.6) is 0 Å². The second-order valence-electron chi connectivity index (χ2n) is 3.91. The van der Waals surface area contributed by atoms with Crippen LogP contribution in [0.1, 0.15) is 22.7 Å². The van der Waals surface area contributed by atoms with E-state index in [1.807, 2.05) is 43.3 Å². The summed E-state index contributed by atoms with van der Waals surface area (Å²) in [4.78, 5) is 0. The number of rotatable bonds is 2. The molecule has 1 atom stereocenters. The number of hydrogen-bond donors (Lipinski definition) is 1. The normalized spacial score (nSPS) is 12.4. The number of hydrogen-bond acceptors (Lipinski definition) is 1. The van der Waals surface area contributed by atoms with Gasteiger partial charge in [-0.15, -0.1) is 0 Å². The van der Waals surface area contributed by atoms with Crippen LogP contribution in [0.2, 0.25) is 0 Å². The summed E-state index contributed by atoms with van der Waals surface area (Å²) in [5, 5.41) is 0. The molecule has 0 fully saturated rings. The summed E-state index contributed by atoms with van der Waals surface area (Å²) >= 11 is 0. The summed E-state index contributed by atoms with van der Waals surface area (Å²) in [7, 11) is 0. The average Bonchev–Trinajstić information content (AvgIpc) is 2.29. The van der Waals surface area contributed by atoms with Crippen LogP contribution in [0.3, 0.4) is 0 Å². The van der Waals surface area contributed by atoms with Crippen molar-refractivity contribution in [3.63, 3.8) is 0 Å². The number of halogens is 1. The lowest BCUT2D eigenvalue weighted by Crippen LogP contribution is -2.13. The first-order valence-corrected chi connectivity index (χ1v) is 5.25. The Morgan fingerprint density at radius 3 is 2.38 bits per heavy atom. The Hall–Kier alpha value is -1.67. The Labute approximate surface area is 94.7 Å². The molecule has 0 aliphatic carbocycles. The van der Waals surface area contributed by atoms with Crippen molar-refractivity contribution in [1.29, 1.82) is 0 Å². The van der Waals surface area contributed by atoms with Gasteiger partial charge < -0.3 is 5.73 Å². The van der Waals surface area contributed by atoms with Crippen LogP contribution in [0, 0.1) is 12.7 Å². The smallest absolute Gasteiger partial charge is 0.128 e. The molecular formula is C14H14FN. The Morgan fingerprint density at radius 1 is 1.06 bits per heavy atom. The van der Waals surface area contributed by atoms with Gasteiger partial charge >= 0.3 is 0 Å². The van der Waals surface area contributed by atoms with Gasteiger partial charge in [0.25, 0.3) is 0 Å². The summed E-state index contributed by atoms with van der Waals surface area (Å²) < 4.78 is 13.7. The van der Waals surface area contributed by atoms with Gasteiger partial charge in [0.2, 0.25) is 0 Å². The minimum absolute atomic E-state index is 0.239. The van der Waals surface area contributed by atoms with Gasteiger partial charge in [-0.3, -0.25) is 0 Å². The molecule has 0 spiro atoms. The molecular weight excluding hydrogens is 201 g/mol. The molecule has 2 aromatic carbocycles. The van der Waals surface area contributed by atoms with Gasteiger partial charge in [0.15, 0.2) is 0 Å². The maximum atomic E-state index is 13.7. The SMILES string of the molecule is Cc1ccc(C(N)c2ccccc2)c(F)c1. The molecule has 82 valence electrons. The third kappa shape index (κ3) is 2.12. The second kappa shape index (κ2) is 4.45. The zero-order valence-electron chi connectivity index (χ0n) is 9.15. The van der Waals surface area contributed by atoms with Crippen molar-refractivity contribution in [2.24, 2.45) is 5.73 Å². The quantitative estimate of drug-likeness (QED) is 0.818. The maximum absolute atomic E-state index is 13.7.